The molecule has 1 N–H and O–H groups in total. The predicted octanol–water partition coefficient (Wildman–Crippen LogP) is 4.38. The van der Waals surface area contributed by atoms with Crippen molar-refractivity contribution in [2.75, 3.05) is 6.26 Å². The Bertz CT molecular complexity index is 1130. The second kappa shape index (κ2) is 7.98. The van der Waals surface area contributed by atoms with E-state index in [1.54, 1.807) is 18.2 Å². The van der Waals surface area contributed by atoms with Crippen LogP contribution >= 0.6 is 0 Å². The van der Waals surface area contributed by atoms with E-state index in [2.05, 4.69) is 5.48 Å². The van der Waals surface area contributed by atoms with E-state index in [1.807, 2.05) is 54.6 Å². The first-order chi connectivity index (χ1) is 14.0. The summed E-state index contributed by atoms with van der Waals surface area (Å²) in [6, 6.07) is 23.4. The highest BCUT2D eigenvalue weighted by Crippen LogP contribution is 2.29. The van der Waals surface area contributed by atoms with Gasteiger partial charge in [-0.3, -0.25) is 4.84 Å². The van der Waals surface area contributed by atoms with Crippen LogP contribution in [0.2, 0.25) is 0 Å². The molecule has 0 radical (unpaired) electrons. The summed E-state index contributed by atoms with van der Waals surface area (Å²) in [6.45, 7) is 0. The van der Waals surface area contributed by atoms with Gasteiger partial charge in [0, 0.05) is 12.3 Å². The summed E-state index contributed by atoms with van der Waals surface area (Å²) in [4.78, 5) is 5.75. The molecule has 0 bridgehead atoms. The molecule has 3 aromatic rings. The van der Waals surface area contributed by atoms with Gasteiger partial charge in [0.1, 0.15) is 23.4 Å². The molecule has 0 saturated carbocycles. The lowest BCUT2D eigenvalue weighted by Crippen LogP contribution is -2.12. The third-order valence-corrected chi connectivity index (χ3v) is 5.35. The maximum atomic E-state index is 11.7. The first-order valence-corrected chi connectivity index (χ1v) is 10.8. The van der Waals surface area contributed by atoms with Crippen LogP contribution in [0.1, 0.15) is 11.7 Å². The quantitative estimate of drug-likeness (QED) is 0.651. The van der Waals surface area contributed by atoms with Crippen LogP contribution in [0, 0.1) is 0 Å². The molecule has 1 aliphatic rings. The maximum absolute atomic E-state index is 11.7. The van der Waals surface area contributed by atoms with Crippen LogP contribution < -0.4 is 15.0 Å². The van der Waals surface area contributed by atoms with Gasteiger partial charge in [0.2, 0.25) is 5.88 Å². The van der Waals surface area contributed by atoms with E-state index in [-0.39, 0.29) is 11.0 Å². The summed E-state index contributed by atoms with van der Waals surface area (Å²) in [5, 5.41) is 0. The molecule has 7 heteroatoms. The highest BCUT2D eigenvalue weighted by molar-refractivity contribution is 7.90. The number of nitrogens with one attached hydrogen (secondary N) is 1. The fourth-order valence-electron chi connectivity index (χ4n) is 2.79. The first-order valence-electron chi connectivity index (χ1n) is 8.92. The third-order valence-electron chi connectivity index (χ3n) is 4.24. The van der Waals surface area contributed by atoms with E-state index in [1.165, 1.54) is 12.1 Å². The highest BCUT2D eigenvalue weighted by atomic mass is 32.2. The van der Waals surface area contributed by atoms with Crippen molar-refractivity contribution in [3.8, 4) is 17.2 Å². The van der Waals surface area contributed by atoms with Gasteiger partial charge in [-0.25, -0.2) is 13.9 Å². The minimum absolute atomic E-state index is 0.195. The van der Waals surface area contributed by atoms with Gasteiger partial charge in [-0.2, -0.15) is 0 Å². The zero-order valence-electron chi connectivity index (χ0n) is 15.6. The molecule has 1 atom stereocenters. The zero-order valence-corrected chi connectivity index (χ0v) is 16.4. The smallest absolute Gasteiger partial charge is 0.216 e. The monoisotopic (exact) mass is 409 g/mol. The molecular weight excluding hydrogens is 390 g/mol. The van der Waals surface area contributed by atoms with Crippen LogP contribution in [0.3, 0.4) is 0 Å². The average Bonchev–Trinajstić information content (AvgIpc) is 3.17. The SMILES string of the molecule is CS(=O)(=O)c1cccc(OC2=CC(c3ccc(Oc4ccccc4)cc3)ON2)c1. The minimum atomic E-state index is -3.30. The van der Waals surface area contributed by atoms with E-state index in [0.717, 1.165) is 23.3 Å². The van der Waals surface area contributed by atoms with Gasteiger partial charge in [0.15, 0.2) is 9.84 Å². The summed E-state index contributed by atoms with van der Waals surface area (Å²) in [7, 11) is -3.30. The number of rotatable bonds is 6. The van der Waals surface area contributed by atoms with Crippen LogP contribution in [0.15, 0.2) is 95.7 Å². The Kier molecular flexibility index (Phi) is 5.24. The highest BCUT2D eigenvalue weighted by Gasteiger charge is 2.20. The van der Waals surface area contributed by atoms with Crippen LogP contribution in [-0.2, 0) is 14.7 Å². The molecule has 6 nitrogen and oxygen atoms in total. The number of benzene rings is 3. The lowest BCUT2D eigenvalue weighted by Gasteiger charge is -2.09. The van der Waals surface area contributed by atoms with Crippen molar-refractivity contribution in [3.63, 3.8) is 0 Å². The molecule has 0 saturated heterocycles. The van der Waals surface area contributed by atoms with Crippen LogP contribution in [0.25, 0.3) is 0 Å². The molecule has 29 heavy (non-hydrogen) atoms. The molecule has 0 spiro atoms. The number of hydrogen-bond acceptors (Lipinski definition) is 6. The van der Waals surface area contributed by atoms with Crippen LogP contribution in [0.4, 0.5) is 0 Å². The molecule has 4 rings (SSSR count). The zero-order chi connectivity index (χ0) is 20.3. The van der Waals surface area contributed by atoms with E-state index in [4.69, 9.17) is 14.3 Å². The van der Waals surface area contributed by atoms with Crippen molar-refractivity contribution in [2.24, 2.45) is 0 Å². The maximum Gasteiger partial charge on any atom is 0.216 e. The molecule has 1 heterocycles. The number of hydrogen-bond donors (Lipinski definition) is 1. The lowest BCUT2D eigenvalue weighted by molar-refractivity contribution is 0.0273. The average molecular weight is 409 g/mol. The van der Waals surface area contributed by atoms with E-state index in [9.17, 15) is 8.42 Å². The topological polar surface area (TPSA) is 73.9 Å². The number of sulfone groups is 1. The molecule has 0 amide bonds. The third kappa shape index (κ3) is 4.77. The second-order valence-electron chi connectivity index (χ2n) is 6.50. The fourth-order valence-corrected chi connectivity index (χ4v) is 3.45. The van der Waals surface area contributed by atoms with Gasteiger partial charge >= 0.3 is 0 Å². The number of para-hydroxylation sites is 1. The van der Waals surface area contributed by atoms with Crippen molar-refractivity contribution in [2.45, 2.75) is 11.0 Å². The lowest BCUT2D eigenvalue weighted by atomic mass is 10.1. The van der Waals surface area contributed by atoms with Gasteiger partial charge in [-0.15, -0.1) is 0 Å². The summed E-state index contributed by atoms with van der Waals surface area (Å²) in [6.07, 6.45) is 2.60. The Labute approximate surface area is 169 Å². The molecule has 0 aromatic heterocycles. The Morgan fingerprint density at radius 3 is 2.24 bits per heavy atom. The standard InChI is InChI=1S/C22H19NO5S/c1-29(24,25)20-9-5-8-19(14-20)27-22-15-21(28-23-22)16-10-12-18(13-11-16)26-17-6-3-2-4-7-17/h2-15,21,23H,1H3. The van der Waals surface area contributed by atoms with Gasteiger partial charge in [0.05, 0.1) is 4.90 Å². The fraction of sp³-hybridized carbons (Fsp3) is 0.0909. The van der Waals surface area contributed by atoms with Gasteiger partial charge in [-0.1, -0.05) is 36.4 Å². The molecule has 1 unspecified atom stereocenters. The van der Waals surface area contributed by atoms with Crippen molar-refractivity contribution in [3.05, 3.63) is 96.4 Å². The Morgan fingerprint density at radius 2 is 1.52 bits per heavy atom. The summed E-state index contributed by atoms with van der Waals surface area (Å²) < 4.78 is 34.9. The Balaban J connectivity index is 1.43. The van der Waals surface area contributed by atoms with Crippen molar-refractivity contribution in [1.82, 2.24) is 5.48 Å². The van der Waals surface area contributed by atoms with E-state index < -0.39 is 9.84 Å². The van der Waals surface area contributed by atoms with Crippen LogP contribution in [-0.4, -0.2) is 14.7 Å². The summed E-state index contributed by atoms with van der Waals surface area (Å²) in [5.41, 5.74) is 3.64. The van der Waals surface area contributed by atoms with Crippen molar-refractivity contribution in [1.29, 1.82) is 0 Å². The second-order valence-corrected chi connectivity index (χ2v) is 8.52. The van der Waals surface area contributed by atoms with E-state index >= 15 is 0 Å². The van der Waals surface area contributed by atoms with Crippen LogP contribution in [0.5, 0.6) is 17.2 Å². The molecule has 3 aromatic carbocycles. The predicted molar refractivity (Wildman–Crippen MR) is 108 cm³/mol. The molecule has 148 valence electrons. The molecule has 0 fully saturated rings. The number of hydroxylamine groups is 1. The molecule has 1 aliphatic heterocycles. The normalized spacial score (nSPS) is 16.0. The van der Waals surface area contributed by atoms with E-state index in [0.29, 0.717) is 11.6 Å². The Morgan fingerprint density at radius 1 is 0.828 bits per heavy atom. The molecular formula is C22H19NO5S. The summed E-state index contributed by atoms with van der Waals surface area (Å²) in [5.74, 6) is 2.29. The van der Waals surface area contributed by atoms with Gasteiger partial charge in [-0.05, 0) is 48.0 Å². The number of ether oxygens (including phenoxy) is 2. The van der Waals surface area contributed by atoms with Crippen molar-refractivity contribution >= 4 is 9.84 Å². The van der Waals surface area contributed by atoms with Crippen molar-refractivity contribution < 1.29 is 22.7 Å². The first kappa shape index (κ1) is 19.0. The van der Waals surface area contributed by atoms with Gasteiger partial charge in [0.25, 0.3) is 0 Å². The summed E-state index contributed by atoms with van der Waals surface area (Å²) >= 11 is 0. The Hall–Kier alpha value is -3.29. The minimum Gasteiger partial charge on any atom is -0.457 e. The van der Waals surface area contributed by atoms with Gasteiger partial charge < -0.3 is 9.47 Å². The molecule has 0 aliphatic carbocycles. The largest absolute Gasteiger partial charge is 0.457 e.